The molecule has 0 bridgehead atoms. The van der Waals surface area contributed by atoms with Crippen LogP contribution >= 0.6 is 0 Å². The third-order valence-corrected chi connectivity index (χ3v) is 5.23. The van der Waals surface area contributed by atoms with Gasteiger partial charge in [-0.1, -0.05) is 47.6 Å². The van der Waals surface area contributed by atoms with Crippen molar-refractivity contribution in [1.82, 2.24) is 25.2 Å². The fourth-order valence-electron chi connectivity index (χ4n) is 3.85. The summed E-state index contributed by atoms with van der Waals surface area (Å²) in [5.41, 5.74) is 0.604. The number of fused-ring (bicyclic) bond motifs is 1. The smallest absolute Gasteiger partial charge is 0.255 e. The van der Waals surface area contributed by atoms with Crippen LogP contribution in [-0.4, -0.2) is 33.0 Å². The molecule has 0 aliphatic carbocycles. The zero-order valence-corrected chi connectivity index (χ0v) is 14.3. The van der Waals surface area contributed by atoms with Crippen LogP contribution in [0.25, 0.3) is 22.2 Å². The highest BCUT2D eigenvalue weighted by Crippen LogP contribution is 2.35. The molecule has 1 aliphatic rings. The van der Waals surface area contributed by atoms with Crippen molar-refractivity contribution in [1.29, 1.82) is 0 Å². The molecule has 1 aliphatic heterocycles. The molecule has 130 valence electrons. The van der Waals surface area contributed by atoms with Crippen molar-refractivity contribution < 1.29 is 4.52 Å². The van der Waals surface area contributed by atoms with Crippen LogP contribution in [0.1, 0.15) is 18.7 Å². The van der Waals surface area contributed by atoms with E-state index >= 15 is 0 Å². The molecule has 6 heteroatoms. The maximum absolute atomic E-state index is 5.78. The molecule has 2 aromatic heterocycles. The molecule has 3 heterocycles. The Hall–Kier alpha value is -2.99. The first-order valence-corrected chi connectivity index (χ1v) is 8.90. The highest BCUT2D eigenvalue weighted by atomic mass is 16.5. The fourth-order valence-corrected chi connectivity index (χ4v) is 3.85. The van der Waals surface area contributed by atoms with Crippen LogP contribution in [0.2, 0.25) is 0 Å². The largest absolute Gasteiger partial charge is 0.336 e. The molecule has 0 atom stereocenters. The number of hydrogen-bond acceptors (Lipinski definition) is 5. The summed E-state index contributed by atoms with van der Waals surface area (Å²) in [5, 5.41) is 14.5. The van der Waals surface area contributed by atoms with E-state index in [0.717, 1.165) is 36.9 Å². The summed E-state index contributed by atoms with van der Waals surface area (Å²) in [4.78, 5) is 4.82. The van der Waals surface area contributed by atoms with E-state index in [1.807, 2.05) is 41.2 Å². The van der Waals surface area contributed by atoms with Crippen molar-refractivity contribution in [2.75, 3.05) is 13.1 Å². The van der Waals surface area contributed by atoms with Crippen LogP contribution in [0.3, 0.4) is 0 Å². The van der Waals surface area contributed by atoms with Gasteiger partial charge in [-0.15, -0.1) is 0 Å². The average Bonchev–Trinajstić information content (AvgIpc) is 3.41. The second-order valence-electron chi connectivity index (χ2n) is 6.68. The van der Waals surface area contributed by atoms with Crippen LogP contribution < -0.4 is 5.32 Å². The van der Waals surface area contributed by atoms with Gasteiger partial charge in [0.2, 0.25) is 5.82 Å². The maximum Gasteiger partial charge on any atom is 0.255 e. The van der Waals surface area contributed by atoms with Crippen molar-refractivity contribution >= 4 is 10.8 Å². The minimum Gasteiger partial charge on any atom is -0.336 e. The number of piperidine rings is 1. The summed E-state index contributed by atoms with van der Waals surface area (Å²) in [6, 6.07) is 16.4. The van der Waals surface area contributed by atoms with Gasteiger partial charge in [-0.25, -0.2) is 0 Å². The number of hydrogen-bond donors (Lipinski definition) is 1. The Kier molecular flexibility index (Phi) is 3.57. The lowest BCUT2D eigenvalue weighted by atomic mass is 9.88. The van der Waals surface area contributed by atoms with E-state index in [9.17, 15) is 0 Å². The maximum atomic E-state index is 5.78. The first-order chi connectivity index (χ1) is 12.9. The average molecular weight is 345 g/mol. The molecule has 4 aromatic rings. The lowest BCUT2D eigenvalue weighted by Crippen LogP contribution is -2.45. The van der Waals surface area contributed by atoms with Gasteiger partial charge in [-0.05, 0) is 42.8 Å². The lowest BCUT2D eigenvalue weighted by molar-refractivity contribution is 0.172. The summed E-state index contributed by atoms with van der Waals surface area (Å²) < 4.78 is 7.75. The standard InChI is InChI=1S/C20H19N5O/c1-2-7-16-15(5-1)6-3-8-17(16)18-23-19(26-24-18)20(9-12-21-13-10-20)25-14-4-11-22-25/h1-8,11,14,21H,9-10,12-13H2. The Morgan fingerprint density at radius 2 is 1.85 bits per heavy atom. The number of aromatic nitrogens is 4. The third kappa shape index (κ3) is 2.34. The number of nitrogens with one attached hydrogen (secondary N) is 1. The van der Waals surface area contributed by atoms with Crippen molar-refractivity contribution in [3.8, 4) is 11.4 Å². The Balaban J connectivity index is 1.63. The minimum atomic E-state index is -0.384. The molecule has 5 rings (SSSR count). The molecule has 2 aromatic carbocycles. The summed E-state index contributed by atoms with van der Waals surface area (Å²) in [5.74, 6) is 1.26. The quantitative estimate of drug-likeness (QED) is 0.617. The van der Waals surface area contributed by atoms with Crippen LogP contribution in [0.15, 0.2) is 65.4 Å². The fraction of sp³-hybridized carbons (Fsp3) is 0.250. The van der Waals surface area contributed by atoms with Crippen LogP contribution in [0.4, 0.5) is 0 Å². The first kappa shape index (κ1) is 15.3. The van der Waals surface area contributed by atoms with Gasteiger partial charge in [-0.3, -0.25) is 4.68 Å². The molecule has 1 fully saturated rings. The Bertz CT molecular complexity index is 1030. The zero-order chi connectivity index (χ0) is 17.4. The molecule has 1 N–H and O–H groups in total. The van der Waals surface area contributed by atoms with E-state index in [0.29, 0.717) is 11.7 Å². The Morgan fingerprint density at radius 3 is 2.69 bits per heavy atom. The van der Waals surface area contributed by atoms with Gasteiger partial charge < -0.3 is 9.84 Å². The number of nitrogens with zero attached hydrogens (tertiary/aromatic N) is 4. The lowest BCUT2D eigenvalue weighted by Gasteiger charge is -2.34. The molecule has 0 amide bonds. The van der Waals surface area contributed by atoms with Crippen molar-refractivity contribution in [2.24, 2.45) is 0 Å². The van der Waals surface area contributed by atoms with E-state index in [4.69, 9.17) is 9.51 Å². The van der Waals surface area contributed by atoms with Gasteiger partial charge in [0.15, 0.2) is 0 Å². The summed E-state index contributed by atoms with van der Waals surface area (Å²) >= 11 is 0. The van der Waals surface area contributed by atoms with Gasteiger partial charge >= 0.3 is 0 Å². The van der Waals surface area contributed by atoms with Crippen molar-refractivity contribution in [3.05, 3.63) is 66.8 Å². The van der Waals surface area contributed by atoms with Crippen LogP contribution in [0, 0.1) is 0 Å². The normalized spacial score (nSPS) is 16.8. The third-order valence-electron chi connectivity index (χ3n) is 5.23. The zero-order valence-electron chi connectivity index (χ0n) is 14.3. The molecular weight excluding hydrogens is 326 g/mol. The molecule has 1 saturated heterocycles. The predicted octanol–water partition coefficient (Wildman–Crippen LogP) is 3.21. The van der Waals surface area contributed by atoms with Crippen molar-refractivity contribution in [2.45, 2.75) is 18.4 Å². The number of benzene rings is 2. The number of rotatable bonds is 3. The van der Waals surface area contributed by atoms with E-state index in [-0.39, 0.29) is 5.54 Å². The van der Waals surface area contributed by atoms with Gasteiger partial charge in [0, 0.05) is 18.0 Å². The molecule has 0 saturated carbocycles. The Morgan fingerprint density at radius 1 is 1.00 bits per heavy atom. The minimum absolute atomic E-state index is 0.384. The van der Waals surface area contributed by atoms with Crippen molar-refractivity contribution in [3.63, 3.8) is 0 Å². The highest BCUT2D eigenvalue weighted by molar-refractivity contribution is 5.94. The molecule has 0 unspecified atom stereocenters. The van der Waals surface area contributed by atoms with E-state index in [2.05, 4.69) is 33.8 Å². The van der Waals surface area contributed by atoms with Gasteiger partial charge in [0.1, 0.15) is 5.54 Å². The first-order valence-electron chi connectivity index (χ1n) is 8.90. The summed E-state index contributed by atoms with van der Waals surface area (Å²) in [7, 11) is 0. The molecule has 26 heavy (non-hydrogen) atoms. The van der Waals surface area contributed by atoms with E-state index < -0.39 is 0 Å². The molecule has 0 spiro atoms. The highest BCUT2D eigenvalue weighted by Gasteiger charge is 2.41. The molecule has 6 nitrogen and oxygen atoms in total. The van der Waals surface area contributed by atoms with E-state index in [1.165, 1.54) is 5.39 Å². The topological polar surface area (TPSA) is 68.8 Å². The molecule has 0 radical (unpaired) electrons. The van der Waals surface area contributed by atoms with E-state index in [1.54, 1.807) is 6.20 Å². The second kappa shape index (κ2) is 6.07. The van der Waals surface area contributed by atoms with Crippen LogP contribution in [0.5, 0.6) is 0 Å². The summed E-state index contributed by atoms with van der Waals surface area (Å²) in [6.45, 7) is 1.79. The SMILES string of the molecule is c1ccc2c(-c3noc(C4(n5cccn5)CCNCC4)n3)cccc2c1. The molecular formula is C20H19N5O. The Labute approximate surface area is 150 Å². The van der Waals surface area contributed by atoms with Gasteiger partial charge in [-0.2, -0.15) is 10.1 Å². The monoisotopic (exact) mass is 345 g/mol. The predicted molar refractivity (Wildman–Crippen MR) is 98.6 cm³/mol. The van der Waals surface area contributed by atoms with Gasteiger partial charge in [0.05, 0.1) is 0 Å². The van der Waals surface area contributed by atoms with Gasteiger partial charge in [0.25, 0.3) is 5.89 Å². The second-order valence-corrected chi connectivity index (χ2v) is 6.68. The van der Waals surface area contributed by atoms with Crippen LogP contribution in [-0.2, 0) is 5.54 Å². The summed E-state index contributed by atoms with van der Waals surface area (Å²) in [6.07, 6.45) is 5.51.